The molecule has 4 rings (SSSR count). The Morgan fingerprint density at radius 1 is 1.30 bits per heavy atom. The Balaban J connectivity index is 1.40. The van der Waals surface area contributed by atoms with Gasteiger partial charge in [-0.15, -0.1) is 0 Å². The van der Waals surface area contributed by atoms with Crippen LogP contribution < -0.4 is 10.1 Å². The third kappa shape index (κ3) is 3.02. The molecule has 0 radical (unpaired) electrons. The quantitative estimate of drug-likeness (QED) is 0.931. The van der Waals surface area contributed by atoms with Gasteiger partial charge in [0.2, 0.25) is 0 Å². The topological polar surface area (TPSA) is 50.8 Å². The van der Waals surface area contributed by atoms with Crippen molar-refractivity contribution in [2.24, 2.45) is 5.41 Å². The maximum absolute atomic E-state index is 12.6. The van der Waals surface area contributed by atoms with Gasteiger partial charge in [0.05, 0.1) is 18.9 Å². The van der Waals surface area contributed by atoms with Gasteiger partial charge in [0.1, 0.15) is 11.9 Å². The Labute approximate surface area is 136 Å². The molecule has 5 heteroatoms. The van der Waals surface area contributed by atoms with E-state index >= 15 is 0 Å². The average molecular weight is 316 g/mol. The maximum atomic E-state index is 12.6. The minimum Gasteiger partial charge on any atom is -0.486 e. The van der Waals surface area contributed by atoms with Crippen molar-refractivity contribution in [3.8, 4) is 5.75 Å². The molecule has 0 aromatic heterocycles. The van der Waals surface area contributed by atoms with E-state index in [1.165, 1.54) is 19.3 Å². The third-order valence-electron chi connectivity index (χ3n) is 5.45. The lowest BCUT2D eigenvalue weighted by molar-refractivity contribution is 0.141. The molecule has 1 N–H and O–H groups in total. The molecule has 2 heterocycles. The van der Waals surface area contributed by atoms with Crippen molar-refractivity contribution >= 4 is 11.7 Å². The van der Waals surface area contributed by atoms with Crippen molar-refractivity contribution in [2.75, 3.05) is 31.6 Å². The molecule has 1 spiro atoms. The molecule has 0 bridgehead atoms. The molecule has 2 saturated heterocycles. The summed E-state index contributed by atoms with van der Waals surface area (Å²) in [7, 11) is 0. The molecule has 1 saturated carbocycles. The summed E-state index contributed by atoms with van der Waals surface area (Å²) in [6, 6.07) is 7.65. The number of nitrogens with one attached hydrogen (secondary N) is 1. The number of carbonyl (C=O) groups is 1. The van der Waals surface area contributed by atoms with E-state index in [9.17, 15) is 4.79 Å². The largest absolute Gasteiger partial charge is 0.486 e. The van der Waals surface area contributed by atoms with Gasteiger partial charge in [-0.3, -0.25) is 0 Å². The van der Waals surface area contributed by atoms with Crippen LogP contribution in [0.1, 0.15) is 32.1 Å². The minimum atomic E-state index is -0.00695. The van der Waals surface area contributed by atoms with Crippen LogP contribution in [0.15, 0.2) is 24.3 Å². The lowest BCUT2D eigenvalue weighted by Gasteiger charge is -2.37. The fraction of sp³-hybridized carbons (Fsp3) is 0.611. The van der Waals surface area contributed by atoms with Gasteiger partial charge in [-0.1, -0.05) is 18.6 Å². The summed E-state index contributed by atoms with van der Waals surface area (Å²) >= 11 is 0. The number of urea groups is 1. The molecule has 5 nitrogen and oxygen atoms in total. The van der Waals surface area contributed by atoms with E-state index in [-0.39, 0.29) is 12.1 Å². The number of benzene rings is 1. The highest BCUT2D eigenvalue weighted by Gasteiger charge is 2.44. The highest BCUT2D eigenvalue weighted by Crippen LogP contribution is 2.48. The summed E-state index contributed by atoms with van der Waals surface area (Å²) in [6.07, 6.45) is 6.00. The molecule has 23 heavy (non-hydrogen) atoms. The Morgan fingerprint density at radius 2 is 2.17 bits per heavy atom. The number of carbonyl (C=O) groups excluding carboxylic acids is 1. The lowest BCUT2D eigenvalue weighted by Crippen LogP contribution is -2.38. The second-order valence-electron chi connectivity index (χ2n) is 7.05. The minimum absolute atomic E-state index is 0.00695. The summed E-state index contributed by atoms with van der Waals surface area (Å²) in [5.41, 5.74) is 1.17. The van der Waals surface area contributed by atoms with Crippen LogP contribution in [0.3, 0.4) is 0 Å². The van der Waals surface area contributed by atoms with E-state index in [1.54, 1.807) is 0 Å². The van der Waals surface area contributed by atoms with Gasteiger partial charge in [0.25, 0.3) is 0 Å². The maximum Gasteiger partial charge on any atom is 0.321 e. The van der Waals surface area contributed by atoms with Crippen LogP contribution in [-0.2, 0) is 4.74 Å². The van der Waals surface area contributed by atoms with Crippen LogP contribution in [0.2, 0.25) is 0 Å². The van der Waals surface area contributed by atoms with Gasteiger partial charge in [0, 0.05) is 19.5 Å². The van der Waals surface area contributed by atoms with Crippen molar-refractivity contribution in [3.63, 3.8) is 0 Å². The van der Waals surface area contributed by atoms with Gasteiger partial charge in [-0.05, 0) is 36.8 Å². The number of rotatable bonds is 3. The van der Waals surface area contributed by atoms with Crippen LogP contribution >= 0.6 is 0 Å². The fourth-order valence-electron chi connectivity index (χ4n) is 3.85. The van der Waals surface area contributed by atoms with Gasteiger partial charge in [0.15, 0.2) is 0 Å². The van der Waals surface area contributed by atoms with Gasteiger partial charge >= 0.3 is 6.03 Å². The Morgan fingerprint density at radius 3 is 2.87 bits per heavy atom. The first kappa shape index (κ1) is 14.8. The van der Waals surface area contributed by atoms with Crippen LogP contribution in [-0.4, -0.2) is 43.3 Å². The normalized spacial score (nSPS) is 25.4. The molecule has 0 unspecified atom stereocenters. The first-order valence-electron chi connectivity index (χ1n) is 8.64. The fourth-order valence-corrected chi connectivity index (χ4v) is 3.85. The van der Waals surface area contributed by atoms with Crippen molar-refractivity contribution < 1.29 is 14.3 Å². The number of likely N-dealkylation sites (tertiary alicyclic amines) is 1. The number of ether oxygens (including phenoxy) is 2. The summed E-state index contributed by atoms with van der Waals surface area (Å²) in [5.74, 6) is 0.730. The lowest BCUT2D eigenvalue weighted by atomic mass is 9.68. The number of hydrogen-bond acceptors (Lipinski definition) is 3. The summed E-state index contributed by atoms with van der Waals surface area (Å²) < 4.78 is 11.3. The molecule has 1 aliphatic carbocycles. The highest BCUT2D eigenvalue weighted by molar-refractivity contribution is 5.91. The molecular weight excluding hydrogens is 292 g/mol. The average Bonchev–Trinajstić information content (AvgIpc) is 3.18. The van der Waals surface area contributed by atoms with E-state index in [1.807, 2.05) is 29.2 Å². The van der Waals surface area contributed by atoms with Gasteiger partial charge in [-0.2, -0.15) is 0 Å². The number of para-hydroxylation sites is 2. The van der Waals surface area contributed by atoms with E-state index < -0.39 is 0 Å². The molecule has 124 valence electrons. The third-order valence-corrected chi connectivity index (χ3v) is 5.45. The number of nitrogens with zero attached hydrogens (tertiary/aromatic N) is 1. The van der Waals surface area contributed by atoms with Crippen molar-refractivity contribution in [1.29, 1.82) is 0 Å². The van der Waals surface area contributed by atoms with Crippen LogP contribution in [0.4, 0.5) is 10.5 Å². The van der Waals surface area contributed by atoms with Crippen molar-refractivity contribution in [1.82, 2.24) is 4.90 Å². The number of anilines is 1. The molecule has 1 aromatic rings. The zero-order valence-corrected chi connectivity index (χ0v) is 13.4. The predicted octanol–water partition coefficient (Wildman–Crippen LogP) is 3.26. The Kier molecular flexibility index (Phi) is 3.89. The summed E-state index contributed by atoms with van der Waals surface area (Å²) in [4.78, 5) is 14.5. The van der Waals surface area contributed by atoms with Crippen LogP contribution in [0, 0.1) is 5.41 Å². The van der Waals surface area contributed by atoms with E-state index in [2.05, 4.69) is 5.32 Å². The number of amides is 2. The molecule has 2 amide bonds. The van der Waals surface area contributed by atoms with Crippen LogP contribution in [0.25, 0.3) is 0 Å². The SMILES string of the molecule is O=C(Nc1ccccc1O[C@H]1CCOC1)N1CCC2(CCC2)C1. The number of hydrogen-bond donors (Lipinski definition) is 1. The second kappa shape index (κ2) is 6.04. The van der Waals surface area contributed by atoms with E-state index in [0.29, 0.717) is 12.0 Å². The Hall–Kier alpha value is -1.75. The molecule has 1 aromatic carbocycles. The zero-order chi connectivity index (χ0) is 15.7. The molecule has 3 fully saturated rings. The van der Waals surface area contributed by atoms with Crippen LogP contribution in [0.5, 0.6) is 5.75 Å². The molecule has 3 aliphatic rings. The molecule has 1 atom stereocenters. The Bertz CT molecular complexity index is 579. The standard InChI is InChI=1S/C18H24N2O3/c21-17(20-10-9-18(13-20)7-3-8-18)19-15-4-1-2-5-16(15)23-14-6-11-22-12-14/h1-2,4-5,14H,3,6-13H2,(H,19,21)/t14-/m0/s1. The van der Waals surface area contributed by atoms with Crippen molar-refractivity contribution in [3.05, 3.63) is 24.3 Å². The molecular formula is C18H24N2O3. The monoisotopic (exact) mass is 316 g/mol. The second-order valence-corrected chi connectivity index (χ2v) is 7.05. The van der Waals surface area contributed by atoms with Crippen molar-refractivity contribution in [2.45, 2.75) is 38.2 Å². The van der Waals surface area contributed by atoms with E-state index in [4.69, 9.17) is 9.47 Å². The zero-order valence-electron chi connectivity index (χ0n) is 13.4. The predicted molar refractivity (Wildman–Crippen MR) is 87.8 cm³/mol. The van der Waals surface area contributed by atoms with Gasteiger partial charge < -0.3 is 19.7 Å². The highest BCUT2D eigenvalue weighted by atomic mass is 16.5. The smallest absolute Gasteiger partial charge is 0.321 e. The molecule has 2 aliphatic heterocycles. The summed E-state index contributed by atoms with van der Waals surface area (Å²) in [6.45, 7) is 3.13. The van der Waals surface area contributed by atoms with E-state index in [0.717, 1.165) is 44.0 Å². The van der Waals surface area contributed by atoms with Gasteiger partial charge in [-0.25, -0.2) is 4.79 Å². The first-order valence-corrected chi connectivity index (χ1v) is 8.64. The summed E-state index contributed by atoms with van der Waals surface area (Å²) in [5, 5.41) is 3.03. The first-order chi connectivity index (χ1) is 11.2.